The van der Waals surface area contributed by atoms with Crippen molar-refractivity contribution in [2.45, 2.75) is 34.6 Å². The highest BCUT2D eigenvalue weighted by Crippen LogP contribution is 2.25. The quantitative estimate of drug-likeness (QED) is 0.298. The Labute approximate surface area is 174 Å². The fourth-order valence-corrected chi connectivity index (χ4v) is 2.94. The predicted molar refractivity (Wildman–Crippen MR) is 125 cm³/mol. The molecule has 0 amide bonds. The first-order chi connectivity index (χ1) is 13.8. The number of aryl methyl sites for hydroxylation is 2. The zero-order chi connectivity index (χ0) is 20.9. The van der Waals surface area contributed by atoms with Gasteiger partial charge >= 0.3 is 0 Å². The minimum absolute atomic E-state index is 0.0538. The van der Waals surface area contributed by atoms with Crippen LogP contribution in [0.25, 0.3) is 0 Å². The zero-order valence-corrected chi connectivity index (χ0v) is 17.9. The van der Waals surface area contributed by atoms with Crippen LogP contribution in [0.4, 0.5) is 11.4 Å². The Bertz CT molecular complexity index is 1050. The van der Waals surface area contributed by atoms with Gasteiger partial charge in [-0.25, -0.2) is 4.99 Å². The predicted octanol–water partition coefficient (Wildman–Crippen LogP) is 6.89. The SMILES string of the molecule is Cc1cccc(C)c1N=C(Nc1ccccc1C#CC(C)(C)C)c1ccccc1. The summed E-state index contributed by atoms with van der Waals surface area (Å²) in [5, 5.41) is 3.55. The van der Waals surface area contributed by atoms with E-state index >= 15 is 0 Å². The Hall–Kier alpha value is -3.31. The number of nitrogens with zero attached hydrogens (tertiary/aromatic N) is 1. The minimum Gasteiger partial charge on any atom is -0.339 e. The number of para-hydroxylation sites is 2. The molecule has 0 spiro atoms. The molecule has 2 heteroatoms. The normalized spacial score (nSPS) is 11.6. The second-order valence-corrected chi connectivity index (χ2v) is 8.24. The van der Waals surface area contributed by atoms with Gasteiger partial charge in [0, 0.05) is 16.5 Å². The molecule has 0 saturated carbocycles. The van der Waals surface area contributed by atoms with Gasteiger partial charge in [0.25, 0.3) is 0 Å². The smallest absolute Gasteiger partial charge is 0.138 e. The number of anilines is 1. The van der Waals surface area contributed by atoms with Gasteiger partial charge in [-0.2, -0.15) is 0 Å². The monoisotopic (exact) mass is 380 g/mol. The number of hydrogen-bond acceptors (Lipinski definition) is 1. The van der Waals surface area contributed by atoms with Crippen molar-refractivity contribution in [2.24, 2.45) is 10.4 Å². The van der Waals surface area contributed by atoms with Gasteiger partial charge in [-0.3, -0.25) is 0 Å². The number of aliphatic imine (C=N–C) groups is 1. The third kappa shape index (κ3) is 5.59. The second kappa shape index (κ2) is 8.80. The lowest BCUT2D eigenvalue weighted by molar-refractivity contribution is 0.571. The molecular weight excluding hydrogens is 352 g/mol. The number of hydrogen-bond donors (Lipinski definition) is 1. The summed E-state index contributed by atoms with van der Waals surface area (Å²) < 4.78 is 0. The summed E-state index contributed by atoms with van der Waals surface area (Å²) in [5.74, 6) is 7.47. The lowest BCUT2D eigenvalue weighted by Crippen LogP contribution is -2.14. The van der Waals surface area contributed by atoms with Gasteiger partial charge in [0.1, 0.15) is 5.84 Å². The van der Waals surface area contributed by atoms with Crippen molar-refractivity contribution in [3.05, 3.63) is 95.1 Å². The first-order valence-corrected chi connectivity index (χ1v) is 9.93. The molecule has 3 rings (SSSR count). The highest BCUT2D eigenvalue weighted by atomic mass is 15.0. The summed E-state index contributed by atoms with van der Waals surface area (Å²) in [6.45, 7) is 10.5. The molecule has 0 atom stereocenters. The van der Waals surface area contributed by atoms with E-state index in [1.165, 1.54) is 0 Å². The molecule has 29 heavy (non-hydrogen) atoms. The standard InChI is InChI=1S/C27H28N2/c1-20-12-11-13-21(2)25(20)29-26(23-15-7-6-8-16-23)28-24-17-10-9-14-22(24)18-19-27(3,4)5/h6-17H,1-5H3,(H,28,29). The average molecular weight is 381 g/mol. The molecule has 0 aliphatic heterocycles. The third-order valence-corrected chi connectivity index (χ3v) is 4.46. The van der Waals surface area contributed by atoms with E-state index in [0.29, 0.717) is 0 Å². The molecule has 0 unspecified atom stereocenters. The third-order valence-electron chi connectivity index (χ3n) is 4.46. The minimum atomic E-state index is -0.0538. The van der Waals surface area contributed by atoms with Gasteiger partial charge in [-0.1, -0.05) is 72.5 Å². The van der Waals surface area contributed by atoms with Crippen molar-refractivity contribution < 1.29 is 0 Å². The number of benzene rings is 3. The zero-order valence-electron chi connectivity index (χ0n) is 17.9. The van der Waals surface area contributed by atoms with Crippen molar-refractivity contribution in [1.29, 1.82) is 0 Å². The molecule has 2 nitrogen and oxygen atoms in total. The Morgan fingerprint density at radius 2 is 1.41 bits per heavy atom. The maximum atomic E-state index is 5.03. The largest absolute Gasteiger partial charge is 0.339 e. The van der Waals surface area contributed by atoms with Crippen molar-refractivity contribution in [1.82, 2.24) is 0 Å². The molecular formula is C27H28N2. The Kier molecular flexibility index (Phi) is 6.20. The van der Waals surface area contributed by atoms with Gasteiger partial charge in [-0.15, -0.1) is 0 Å². The summed E-state index contributed by atoms with van der Waals surface area (Å²) >= 11 is 0. The second-order valence-electron chi connectivity index (χ2n) is 8.24. The molecule has 3 aromatic carbocycles. The van der Waals surface area contributed by atoms with Crippen LogP contribution in [0.1, 0.15) is 43.0 Å². The first-order valence-electron chi connectivity index (χ1n) is 9.93. The van der Waals surface area contributed by atoms with E-state index in [9.17, 15) is 0 Å². The number of nitrogens with one attached hydrogen (secondary N) is 1. The molecule has 0 aliphatic rings. The van der Waals surface area contributed by atoms with E-state index in [1.54, 1.807) is 0 Å². The van der Waals surface area contributed by atoms with Crippen LogP contribution >= 0.6 is 0 Å². The highest BCUT2D eigenvalue weighted by molar-refractivity contribution is 6.10. The molecule has 146 valence electrons. The Morgan fingerprint density at radius 1 is 0.793 bits per heavy atom. The van der Waals surface area contributed by atoms with Crippen LogP contribution in [0.3, 0.4) is 0 Å². The summed E-state index contributed by atoms with van der Waals surface area (Å²) in [5.41, 5.74) is 6.21. The fraction of sp³-hybridized carbons (Fsp3) is 0.222. The number of amidine groups is 1. The molecule has 0 aliphatic carbocycles. The van der Waals surface area contributed by atoms with Crippen LogP contribution in [0.15, 0.2) is 77.8 Å². The summed E-state index contributed by atoms with van der Waals surface area (Å²) in [6.07, 6.45) is 0. The van der Waals surface area contributed by atoms with Crippen LogP contribution in [-0.4, -0.2) is 5.84 Å². The van der Waals surface area contributed by atoms with Gasteiger partial charge < -0.3 is 5.32 Å². The van der Waals surface area contributed by atoms with E-state index in [1.807, 2.05) is 36.4 Å². The number of rotatable bonds is 3. The van der Waals surface area contributed by atoms with Crippen LogP contribution in [0.2, 0.25) is 0 Å². The summed E-state index contributed by atoms with van der Waals surface area (Å²) in [4.78, 5) is 5.03. The molecule has 0 saturated heterocycles. The van der Waals surface area contributed by atoms with Crippen molar-refractivity contribution >= 4 is 17.2 Å². The van der Waals surface area contributed by atoms with Crippen LogP contribution in [0, 0.1) is 31.1 Å². The average Bonchev–Trinajstić information content (AvgIpc) is 2.69. The van der Waals surface area contributed by atoms with E-state index in [4.69, 9.17) is 4.99 Å². The molecule has 0 fully saturated rings. The van der Waals surface area contributed by atoms with Crippen molar-refractivity contribution in [3.8, 4) is 11.8 Å². The topological polar surface area (TPSA) is 24.4 Å². The van der Waals surface area contributed by atoms with Crippen LogP contribution in [0.5, 0.6) is 0 Å². The van der Waals surface area contributed by atoms with Crippen molar-refractivity contribution in [2.75, 3.05) is 5.32 Å². The summed E-state index contributed by atoms with van der Waals surface area (Å²) in [6, 6.07) is 24.6. The molecule has 0 bridgehead atoms. The lowest BCUT2D eigenvalue weighted by atomic mass is 9.97. The first kappa shape index (κ1) is 20.4. The van der Waals surface area contributed by atoms with Crippen LogP contribution < -0.4 is 5.32 Å². The van der Waals surface area contributed by atoms with Gasteiger partial charge in [0.15, 0.2) is 0 Å². The van der Waals surface area contributed by atoms with Gasteiger partial charge in [0.05, 0.1) is 11.4 Å². The molecule has 0 radical (unpaired) electrons. The van der Waals surface area contributed by atoms with Crippen LogP contribution in [-0.2, 0) is 0 Å². The van der Waals surface area contributed by atoms with E-state index in [0.717, 1.165) is 39.5 Å². The lowest BCUT2D eigenvalue weighted by Gasteiger charge is -2.14. The molecule has 3 aromatic rings. The Balaban J connectivity index is 2.09. The van der Waals surface area contributed by atoms with Gasteiger partial charge in [0.2, 0.25) is 0 Å². The maximum Gasteiger partial charge on any atom is 0.138 e. The van der Waals surface area contributed by atoms with E-state index < -0.39 is 0 Å². The molecule has 0 heterocycles. The van der Waals surface area contributed by atoms with E-state index in [2.05, 4.69) is 88.2 Å². The Morgan fingerprint density at radius 3 is 2.07 bits per heavy atom. The molecule has 1 N–H and O–H groups in total. The van der Waals surface area contributed by atoms with E-state index in [-0.39, 0.29) is 5.41 Å². The van der Waals surface area contributed by atoms with Crippen molar-refractivity contribution in [3.63, 3.8) is 0 Å². The fourth-order valence-electron chi connectivity index (χ4n) is 2.94. The highest BCUT2D eigenvalue weighted by Gasteiger charge is 2.10. The summed E-state index contributed by atoms with van der Waals surface area (Å²) in [7, 11) is 0. The van der Waals surface area contributed by atoms with Gasteiger partial charge in [-0.05, 0) is 57.9 Å². The maximum absolute atomic E-state index is 5.03. The molecule has 0 aromatic heterocycles.